The first kappa shape index (κ1) is 13.1. The molecule has 0 aliphatic carbocycles. The SMILES string of the molecule is Cc1ccc(OCc2ccc(C(=O)O)cc2)c(C)c1. The second kappa shape index (κ2) is 5.57. The van der Waals surface area contributed by atoms with Crippen LogP contribution in [0.3, 0.4) is 0 Å². The molecule has 2 aromatic carbocycles. The molecule has 0 heterocycles. The molecule has 0 aromatic heterocycles. The minimum atomic E-state index is -0.915. The Morgan fingerprint density at radius 3 is 2.37 bits per heavy atom. The Morgan fingerprint density at radius 2 is 1.79 bits per heavy atom. The zero-order valence-electron chi connectivity index (χ0n) is 11.0. The van der Waals surface area contributed by atoms with E-state index >= 15 is 0 Å². The highest BCUT2D eigenvalue weighted by Crippen LogP contribution is 2.20. The zero-order valence-corrected chi connectivity index (χ0v) is 11.0. The number of ether oxygens (including phenoxy) is 1. The van der Waals surface area contributed by atoms with Gasteiger partial charge < -0.3 is 9.84 Å². The molecule has 0 amide bonds. The monoisotopic (exact) mass is 256 g/mol. The maximum Gasteiger partial charge on any atom is 0.335 e. The maximum atomic E-state index is 10.7. The Labute approximate surface area is 112 Å². The van der Waals surface area contributed by atoms with Gasteiger partial charge in [-0.05, 0) is 43.2 Å². The van der Waals surface area contributed by atoms with E-state index in [1.54, 1.807) is 24.3 Å². The fourth-order valence-electron chi connectivity index (χ4n) is 1.87. The molecule has 1 N–H and O–H groups in total. The van der Waals surface area contributed by atoms with Gasteiger partial charge in [-0.2, -0.15) is 0 Å². The van der Waals surface area contributed by atoms with Crippen molar-refractivity contribution < 1.29 is 14.6 Å². The lowest BCUT2D eigenvalue weighted by atomic mass is 10.1. The standard InChI is InChI=1S/C16H16O3/c1-11-3-8-15(12(2)9-11)19-10-13-4-6-14(7-5-13)16(17)18/h3-9H,10H2,1-2H3,(H,17,18). The average molecular weight is 256 g/mol. The number of benzene rings is 2. The van der Waals surface area contributed by atoms with Crippen molar-refractivity contribution in [3.8, 4) is 5.75 Å². The van der Waals surface area contributed by atoms with E-state index in [0.29, 0.717) is 6.61 Å². The summed E-state index contributed by atoms with van der Waals surface area (Å²) in [5, 5.41) is 8.81. The summed E-state index contributed by atoms with van der Waals surface area (Å²) < 4.78 is 5.73. The molecule has 0 atom stereocenters. The third kappa shape index (κ3) is 3.35. The lowest BCUT2D eigenvalue weighted by molar-refractivity contribution is 0.0697. The highest BCUT2D eigenvalue weighted by Gasteiger charge is 2.03. The van der Waals surface area contributed by atoms with Crippen molar-refractivity contribution in [3.63, 3.8) is 0 Å². The molecule has 0 saturated carbocycles. The molecule has 0 aliphatic heterocycles. The van der Waals surface area contributed by atoms with E-state index in [0.717, 1.165) is 16.9 Å². The Bertz CT molecular complexity index is 585. The number of carboxylic acid groups (broad SMARTS) is 1. The predicted octanol–water partition coefficient (Wildman–Crippen LogP) is 3.58. The van der Waals surface area contributed by atoms with Gasteiger partial charge in [-0.25, -0.2) is 4.79 Å². The van der Waals surface area contributed by atoms with Crippen LogP contribution < -0.4 is 4.74 Å². The third-order valence-electron chi connectivity index (χ3n) is 2.93. The van der Waals surface area contributed by atoms with Gasteiger partial charge in [0.05, 0.1) is 5.56 Å². The fourth-order valence-corrected chi connectivity index (χ4v) is 1.87. The van der Waals surface area contributed by atoms with Crippen LogP contribution in [0.5, 0.6) is 5.75 Å². The van der Waals surface area contributed by atoms with Crippen molar-refractivity contribution in [1.29, 1.82) is 0 Å². The van der Waals surface area contributed by atoms with Crippen molar-refractivity contribution in [3.05, 3.63) is 64.7 Å². The van der Waals surface area contributed by atoms with Crippen LogP contribution in [0.2, 0.25) is 0 Å². The lowest BCUT2D eigenvalue weighted by Crippen LogP contribution is -1.99. The van der Waals surface area contributed by atoms with Crippen LogP contribution in [0, 0.1) is 13.8 Å². The van der Waals surface area contributed by atoms with Gasteiger partial charge in [0, 0.05) is 0 Å². The summed E-state index contributed by atoms with van der Waals surface area (Å²) in [6.07, 6.45) is 0. The molecule has 0 radical (unpaired) electrons. The molecule has 0 unspecified atom stereocenters. The third-order valence-corrected chi connectivity index (χ3v) is 2.93. The van der Waals surface area contributed by atoms with Crippen molar-refractivity contribution in [2.75, 3.05) is 0 Å². The first-order chi connectivity index (χ1) is 9.06. The van der Waals surface area contributed by atoms with Gasteiger partial charge in [-0.1, -0.05) is 29.8 Å². The average Bonchev–Trinajstić information content (AvgIpc) is 2.38. The number of carboxylic acids is 1. The van der Waals surface area contributed by atoms with Crippen LogP contribution in [0.1, 0.15) is 27.0 Å². The molecular formula is C16H16O3. The molecular weight excluding hydrogens is 240 g/mol. The van der Waals surface area contributed by atoms with Gasteiger partial charge in [0.2, 0.25) is 0 Å². The minimum Gasteiger partial charge on any atom is -0.489 e. The summed E-state index contributed by atoms with van der Waals surface area (Å²) in [5.74, 6) is -0.0604. The van der Waals surface area contributed by atoms with Crippen molar-refractivity contribution in [2.24, 2.45) is 0 Å². The van der Waals surface area contributed by atoms with Gasteiger partial charge in [0.15, 0.2) is 0 Å². The summed E-state index contributed by atoms with van der Waals surface area (Å²) >= 11 is 0. The minimum absolute atomic E-state index is 0.287. The number of hydrogen-bond acceptors (Lipinski definition) is 2. The van der Waals surface area contributed by atoms with E-state index in [1.165, 1.54) is 5.56 Å². The van der Waals surface area contributed by atoms with E-state index in [2.05, 4.69) is 6.07 Å². The van der Waals surface area contributed by atoms with E-state index in [9.17, 15) is 4.79 Å². The van der Waals surface area contributed by atoms with Gasteiger partial charge in [-0.3, -0.25) is 0 Å². The van der Waals surface area contributed by atoms with Gasteiger partial charge >= 0.3 is 5.97 Å². The van der Waals surface area contributed by atoms with Crippen LogP contribution in [-0.2, 0) is 6.61 Å². The summed E-state index contributed by atoms with van der Waals surface area (Å²) in [6.45, 7) is 4.49. The molecule has 19 heavy (non-hydrogen) atoms. The van der Waals surface area contributed by atoms with Crippen molar-refractivity contribution >= 4 is 5.97 Å². The maximum absolute atomic E-state index is 10.7. The zero-order chi connectivity index (χ0) is 13.8. The van der Waals surface area contributed by atoms with Crippen molar-refractivity contribution in [1.82, 2.24) is 0 Å². The van der Waals surface area contributed by atoms with Crippen LogP contribution in [0.4, 0.5) is 0 Å². The molecule has 0 aliphatic rings. The largest absolute Gasteiger partial charge is 0.489 e. The summed E-state index contributed by atoms with van der Waals surface area (Å²) in [4.78, 5) is 10.7. The predicted molar refractivity (Wildman–Crippen MR) is 73.6 cm³/mol. The normalized spacial score (nSPS) is 10.2. The van der Waals surface area contributed by atoms with E-state index in [1.807, 2.05) is 26.0 Å². The fraction of sp³-hybridized carbons (Fsp3) is 0.188. The second-order valence-electron chi connectivity index (χ2n) is 4.56. The number of rotatable bonds is 4. The Hall–Kier alpha value is -2.29. The van der Waals surface area contributed by atoms with Gasteiger partial charge in [0.1, 0.15) is 12.4 Å². The smallest absolute Gasteiger partial charge is 0.335 e. The van der Waals surface area contributed by atoms with E-state index < -0.39 is 5.97 Å². The molecule has 2 aromatic rings. The molecule has 0 fully saturated rings. The highest BCUT2D eigenvalue weighted by atomic mass is 16.5. The quantitative estimate of drug-likeness (QED) is 0.909. The summed E-state index contributed by atoms with van der Waals surface area (Å²) in [5.41, 5.74) is 3.54. The molecule has 98 valence electrons. The molecule has 0 saturated heterocycles. The second-order valence-corrected chi connectivity index (χ2v) is 4.56. The van der Waals surface area contributed by atoms with Gasteiger partial charge in [0.25, 0.3) is 0 Å². The van der Waals surface area contributed by atoms with Crippen LogP contribution in [-0.4, -0.2) is 11.1 Å². The summed E-state index contributed by atoms with van der Waals surface area (Å²) in [7, 11) is 0. The number of carbonyl (C=O) groups is 1. The molecule has 3 nitrogen and oxygen atoms in total. The lowest BCUT2D eigenvalue weighted by Gasteiger charge is -2.10. The van der Waals surface area contributed by atoms with Gasteiger partial charge in [-0.15, -0.1) is 0 Å². The van der Waals surface area contributed by atoms with Crippen LogP contribution in [0.25, 0.3) is 0 Å². The Balaban J connectivity index is 2.04. The van der Waals surface area contributed by atoms with Crippen LogP contribution in [0.15, 0.2) is 42.5 Å². The Kier molecular flexibility index (Phi) is 3.85. The number of aromatic carboxylic acids is 1. The first-order valence-electron chi connectivity index (χ1n) is 6.08. The number of aryl methyl sites for hydroxylation is 2. The molecule has 0 spiro atoms. The van der Waals surface area contributed by atoms with E-state index in [4.69, 9.17) is 9.84 Å². The van der Waals surface area contributed by atoms with E-state index in [-0.39, 0.29) is 5.56 Å². The van der Waals surface area contributed by atoms with Crippen LogP contribution >= 0.6 is 0 Å². The highest BCUT2D eigenvalue weighted by molar-refractivity contribution is 5.87. The Morgan fingerprint density at radius 1 is 1.11 bits per heavy atom. The molecule has 3 heteroatoms. The summed E-state index contributed by atoms with van der Waals surface area (Å²) in [6, 6.07) is 12.8. The topological polar surface area (TPSA) is 46.5 Å². The van der Waals surface area contributed by atoms with Crippen molar-refractivity contribution in [2.45, 2.75) is 20.5 Å². The molecule has 2 rings (SSSR count). The molecule has 0 bridgehead atoms. The number of hydrogen-bond donors (Lipinski definition) is 1. The first-order valence-corrected chi connectivity index (χ1v) is 6.08.